The third-order valence-electron chi connectivity index (χ3n) is 6.44. The number of hydrogen-bond donors (Lipinski definition) is 1. The van der Waals surface area contributed by atoms with Crippen LogP contribution in [0.5, 0.6) is 0 Å². The minimum atomic E-state index is -0.0583. The van der Waals surface area contributed by atoms with E-state index in [4.69, 9.17) is 0 Å². The quantitative estimate of drug-likeness (QED) is 0.726. The van der Waals surface area contributed by atoms with Crippen LogP contribution in [0.2, 0.25) is 0 Å². The molecule has 0 radical (unpaired) electrons. The van der Waals surface area contributed by atoms with Gasteiger partial charge in [-0.05, 0) is 48.9 Å². The van der Waals surface area contributed by atoms with Crippen molar-refractivity contribution < 1.29 is 14.4 Å². The van der Waals surface area contributed by atoms with Gasteiger partial charge in [-0.25, -0.2) is 0 Å². The Morgan fingerprint density at radius 1 is 0.938 bits per heavy atom. The van der Waals surface area contributed by atoms with Gasteiger partial charge in [0.05, 0.1) is 0 Å². The van der Waals surface area contributed by atoms with Gasteiger partial charge in [0.1, 0.15) is 0 Å². The van der Waals surface area contributed by atoms with Crippen LogP contribution in [-0.4, -0.2) is 53.7 Å². The first kappa shape index (κ1) is 22.1. The average molecular weight is 434 g/mol. The zero-order chi connectivity index (χ0) is 22.5. The fraction of sp³-hybridized carbons (Fsp3) is 0.423. The molecule has 0 aromatic heterocycles. The highest BCUT2D eigenvalue weighted by Crippen LogP contribution is 2.38. The van der Waals surface area contributed by atoms with Gasteiger partial charge in [0, 0.05) is 49.8 Å². The first-order chi connectivity index (χ1) is 15.5. The lowest BCUT2D eigenvalue weighted by atomic mass is 10.1. The molecule has 1 heterocycles. The Morgan fingerprint density at radius 2 is 1.62 bits per heavy atom. The molecule has 6 heteroatoms. The number of anilines is 1. The molecular weight excluding hydrogens is 402 g/mol. The van der Waals surface area contributed by atoms with Crippen LogP contribution in [0.1, 0.15) is 42.1 Å². The number of hydrogen-bond acceptors (Lipinski definition) is 3. The van der Waals surface area contributed by atoms with Crippen LogP contribution < -0.4 is 5.32 Å². The number of nitrogens with zero attached hydrogens (tertiary/aromatic N) is 2. The maximum absolute atomic E-state index is 13.0. The van der Waals surface area contributed by atoms with Gasteiger partial charge in [-0.2, -0.15) is 0 Å². The van der Waals surface area contributed by atoms with Crippen LogP contribution in [-0.2, 0) is 16.0 Å². The molecule has 6 nitrogen and oxygen atoms in total. The summed E-state index contributed by atoms with van der Waals surface area (Å²) in [6.07, 6.45) is 3.20. The molecule has 1 N–H and O–H groups in total. The number of nitrogens with one attached hydrogen (secondary N) is 1. The average Bonchev–Trinajstić information content (AvgIpc) is 3.56. The summed E-state index contributed by atoms with van der Waals surface area (Å²) in [7, 11) is 0. The monoisotopic (exact) mass is 433 g/mol. The van der Waals surface area contributed by atoms with Crippen molar-refractivity contribution in [2.75, 3.05) is 31.5 Å². The SMILES string of the molecule is CC1CC1C(=O)Nc1cccc(C(=O)N2CCN(C(=O)CCCc3ccccc3)CC2)c1. The first-order valence-electron chi connectivity index (χ1n) is 11.5. The molecule has 2 fully saturated rings. The topological polar surface area (TPSA) is 69.7 Å². The van der Waals surface area contributed by atoms with E-state index < -0.39 is 0 Å². The summed E-state index contributed by atoms with van der Waals surface area (Å²) in [6.45, 7) is 4.24. The van der Waals surface area contributed by atoms with Crippen LogP contribution in [0.3, 0.4) is 0 Å². The van der Waals surface area contributed by atoms with Crippen LogP contribution in [0.15, 0.2) is 54.6 Å². The standard InChI is InChI=1S/C26H31N3O3/c1-19-17-23(19)25(31)27-22-11-6-10-21(18-22)26(32)29-15-13-28(14-16-29)24(30)12-5-9-20-7-3-2-4-8-20/h2-4,6-8,10-11,18-19,23H,5,9,12-17H2,1H3,(H,27,31). The fourth-order valence-electron chi connectivity index (χ4n) is 4.24. The Balaban J connectivity index is 1.24. The second-order valence-corrected chi connectivity index (χ2v) is 8.90. The van der Waals surface area contributed by atoms with Gasteiger partial charge in [-0.3, -0.25) is 14.4 Å². The largest absolute Gasteiger partial charge is 0.339 e. The summed E-state index contributed by atoms with van der Waals surface area (Å²) >= 11 is 0. The van der Waals surface area contributed by atoms with Crippen LogP contribution >= 0.6 is 0 Å². The molecule has 32 heavy (non-hydrogen) atoms. The summed E-state index contributed by atoms with van der Waals surface area (Å²) in [5.41, 5.74) is 2.47. The second kappa shape index (κ2) is 9.98. The summed E-state index contributed by atoms with van der Waals surface area (Å²) in [5, 5.41) is 2.92. The van der Waals surface area contributed by atoms with Crippen LogP contribution in [0.25, 0.3) is 0 Å². The van der Waals surface area contributed by atoms with Crippen molar-refractivity contribution in [2.45, 2.75) is 32.6 Å². The van der Waals surface area contributed by atoms with Gasteiger partial charge in [0.2, 0.25) is 11.8 Å². The predicted molar refractivity (Wildman–Crippen MR) is 124 cm³/mol. The molecule has 4 rings (SSSR count). The Hall–Kier alpha value is -3.15. The Bertz CT molecular complexity index is 967. The number of carbonyl (C=O) groups excluding carboxylic acids is 3. The highest BCUT2D eigenvalue weighted by atomic mass is 16.2. The van der Waals surface area contributed by atoms with Crippen molar-refractivity contribution in [3.8, 4) is 0 Å². The van der Waals surface area contributed by atoms with E-state index in [1.165, 1.54) is 5.56 Å². The zero-order valence-electron chi connectivity index (χ0n) is 18.6. The minimum Gasteiger partial charge on any atom is -0.339 e. The fourth-order valence-corrected chi connectivity index (χ4v) is 4.24. The van der Waals surface area contributed by atoms with E-state index in [9.17, 15) is 14.4 Å². The molecule has 3 amide bonds. The van der Waals surface area contributed by atoms with E-state index in [0.29, 0.717) is 49.8 Å². The normalized spacial score (nSPS) is 20.0. The summed E-state index contributed by atoms with van der Waals surface area (Å²) in [5.74, 6) is 0.662. The lowest BCUT2D eigenvalue weighted by Gasteiger charge is -2.35. The lowest BCUT2D eigenvalue weighted by Crippen LogP contribution is -2.50. The third kappa shape index (κ3) is 5.55. The molecule has 2 aliphatic rings. The first-order valence-corrected chi connectivity index (χ1v) is 11.5. The van der Waals surface area contributed by atoms with Gasteiger partial charge in [0.15, 0.2) is 0 Å². The second-order valence-electron chi connectivity index (χ2n) is 8.90. The van der Waals surface area contributed by atoms with Gasteiger partial charge in [0.25, 0.3) is 5.91 Å². The predicted octanol–water partition coefficient (Wildman–Crippen LogP) is 3.59. The molecule has 0 bridgehead atoms. The summed E-state index contributed by atoms with van der Waals surface area (Å²) in [4.78, 5) is 41.3. The highest BCUT2D eigenvalue weighted by molar-refractivity contribution is 5.98. The maximum Gasteiger partial charge on any atom is 0.254 e. The smallest absolute Gasteiger partial charge is 0.254 e. The molecule has 0 spiro atoms. The van der Waals surface area contributed by atoms with Gasteiger partial charge in [-0.15, -0.1) is 0 Å². The van der Waals surface area contributed by atoms with Crippen molar-refractivity contribution in [1.82, 2.24) is 9.80 Å². The molecule has 1 saturated heterocycles. The van der Waals surface area contributed by atoms with Crippen LogP contribution in [0, 0.1) is 11.8 Å². The van der Waals surface area contributed by atoms with Crippen LogP contribution in [0.4, 0.5) is 5.69 Å². The number of benzene rings is 2. The summed E-state index contributed by atoms with van der Waals surface area (Å²) in [6, 6.07) is 17.3. The van der Waals surface area contributed by atoms with E-state index >= 15 is 0 Å². The molecule has 168 valence electrons. The Morgan fingerprint density at radius 3 is 2.31 bits per heavy atom. The minimum absolute atomic E-state index is 0.0292. The summed E-state index contributed by atoms with van der Waals surface area (Å²) < 4.78 is 0. The third-order valence-corrected chi connectivity index (χ3v) is 6.44. The van der Waals surface area contributed by atoms with Crippen molar-refractivity contribution in [3.63, 3.8) is 0 Å². The van der Waals surface area contributed by atoms with Crippen molar-refractivity contribution in [3.05, 3.63) is 65.7 Å². The van der Waals surface area contributed by atoms with Gasteiger partial charge < -0.3 is 15.1 Å². The number of aryl methyl sites for hydroxylation is 1. The highest BCUT2D eigenvalue weighted by Gasteiger charge is 2.39. The van der Waals surface area contributed by atoms with Crippen molar-refractivity contribution in [1.29, 1.82) is 0 Å². The molecule has 2 aromatic carbocycles. The number of piperazine rings is 1. The molecule has 1 aliphatic carbocycles. The van der Waals surface area contributed by atoms with E-state index in [0.717, 1.165) is 19.3 Å². The number of rotatable bonds is 7. The maximum atomic E-state index is 13.0. The Kier molecular flexibility index (Phi) is 6.88. The molecule has 2 aromatic rings. The van der Waals surface area contributed by atoms with Gasteiger partial charge >= 0.3 is 0 Å². The zero-order valence-corrected chi connectivity index (χ0v) is 18.6. The molecular formula is C26H31N3O3. The van der Waals surface area contributed by atoms with Gasteiger partial charge in [-0.1, -0.05) is 43.3 Å². The van der Waals surface area contributed by atoms with E-state index in [1.807, 2.05) is 29.2 Å². The lowest BCUT2D eigenvalue weighted by molar-refractivity contribution is -0.132. The van der Waals surface area contributed by atoms with Crippen molar-refractivity contribution in [2.24, 2.45) is 11.8 Å². The Labute approximate surface area is 189 Å². The van der Waals surface area contributed by atoms with Crippen molar-refractivity contribution >= 4 is 23.4 Å². The van der Waals surface area contributed by atoms with E-state index in [2.05, 4.69) is 24.4 Å². The molecule has 2 unspecified atom stereocenters. The number of carbonyl (C=O) groups is 3. The van der Waals surface area contributed by atoms with E-state index in [-0.39, 0.29) is 23.6 Å². The molecule has 1 aliphatic heterocycles. The molecule has 1 saturated carbocycles. The van der Waals surface area contributed by atoms with E-state index in [1.54, 1.807) is 23.1 Å². The molecule has 2 atom stereocenters. The number of amides is 3.